The lowest BCUT2D eigenvalue weighted by Gasteiger charge is -2.13. The molecule has 0 aromatic heterocycles. The molecular formula is C16H13ClN2O. The van der Waals surface area contributed by atoms with Gasteiger partial charge < -0.3 is 5.32 Å². The Labute approximate surface area is 122 Å². The van der Waals surface area contributed by atoms with Crippen molar-refractivity contribution in [2.75, 3.05) is 5.32 Å². The van der Waals surface area contributed by atoms with E-state index in [2.05, 4.69) is 5.32 Å². The molecule has 0 spiro atoms. The number of hydrogen-bond acceptors (Lipinski definition) is 2. The van der Waals surface area contributed by atoms with Gasteiger partial charge in [-0.2, -0.15) is 5.26 Å². The minimum atomic E-state index is -0.294. The highest BCUT2D eigenvalue weighted by Gasteiger charge is 2.16. The number of carbonyl (C=O) groups excluding carboxylic acids is 1. The van der Waals surface area contributed by atoms with Gasteiger partial charge in [-0.05, 0) is 30.7 Å². The van der Waals surface area contributed by atoms with Crippen molar-refractivity contribution in [3.05, 3.63) is 64.7 Å². The maximum atomic E-state index is 12.2. The van der Waals surface area contributed by atoms with Crippen LogP contribution >= 0.6 is 11.6 Å². The third-order valence-corrected chi connectivity index (χ3v) is 3.38. The molecule has 0 fully saturated rings. The van der Waals surface area contributed by atoms with Crippen LogP contribution in [-0.2, 0) is 4.79 Å². The molecule has 0 saturated heterocycles. The van der Waals surface area contributed by atoms with Crippen molar-refractivity contribution in [1.82, 2.24) is 0 Å². The molecule has 2 aromatic carbocycles. The predicted molar refractivity (Wildman–Crippen MR) is 79.7 cm³/mol. The fraction of sp³-hybridized carbons (Fsp3) is 0.125. The lowest BCUT2D eigenvalue weighted by molar-refractivity contribution is -0.117. The van der Waals surface area contributed by atoms with Gasteiger partial charge >= 0.3 is 0 Å². The van der Waals surface area contributed by atoms with Crippen LogP contribution in [0.3, 0.4) is 0 Å². The van der Waals surface area contributed by atoms with E-state index in [-0.39, 0.29) is 11.8 Å². The lowest BCUT2D eigenvalue weighted by Crippen LogP contribution is -2.19. The number of anilines is 1. The van der Waals surface area contributed by atoms with Crippen molar-refractivity contribution >= 4 is 23.2 Å². The van der Waals surface area contributed by atoms with Gasteiger partial charge in [0.1, 0.15) is 0 Å². The molecule has 3 nitrogen and oxygen atoms in total. The quantitative estimate of drug-likeness (QED) is 0.928. The highest BCUT2D eigenvalue weighted by Crippen LogP contribution is 2.25. The van der Waals surface area contributed by atoms with Crippen molar-refractivity contribution in [2.24, 2.45) is 0 Å². The van der Waals surface area contributed by atoms with Crippen LogP contribution in [0.1, 0.15) is 24.0 Å². The van der Waals surface area contributed by atoms with Crippen molar-refractivity contribution in [3.63, 3.8) is 0 Å². The molecule has 1 amide bonds. The standard InChI is InChI=1S/C16H13ClN2O/c1-11(13-5-3-2-4-6-13)16(20)19-15-9-12(10-18)7-8-14(15)17/h2-9,11H,1H3,(H,19,20). The van der Waals surface area contributed by atoms with Gasteiger partial charge in [-0.1, -0.05) is 41.9 Å². The zero-order chi connectivity index (χ0) is 14.5. The largest absolute Gasteiger partial charge is 0.324 e. The topological polar surface area (TPSA) is 52.9 Å². The number of benzene rings is 2. The second kappa shape index (κ2) is 6.23. The van der Waals surface area contributed by atoms with Gasteiger partial charge in [0.2, 0.25) is 5.91 Å². The summed E-state index contributed by atoms with van der Waals surface area (Å²) in [4.78, 5) is 12.2. The van der Waals surface area contributed by atoms with E-state index >= 15 is 0 Å². The number of nitrogens with zero attached hydrogens (tertiary/aromatic N) is 1. The van der Waals surface area contributed by atoms with E-state index in [1.807, 2.05) is 43.3 Å². The predicted octanol–water partition coefficient (Wildman–Crippen LogP) is 3.95. The third-order valence-electron chi connectivity index (χ3n) is 3.05. The van der Waals surface area contributed by atoms with Gasteiger partial charge in [0.05, 0.1) is 28.3 Å². The van der Waals surface area contributed by atoms with E-state index < -0.39 is 0 Å². The minimum absolute atomic E-state index is 0.159. The van der Waals surface area contributed by atoms with E-state index in [9.17, 15) is 4.79 Å². The van der Waals surface area contributed by atoms with E-state index in [0.29, 0.717) is 16.3 Å². The smallest absolute Gasteiger partial charge is 0.231 e. The van der Waals surface area contributed by atoms with Crippen LogP contribution in [0.25, 0.3) is 0 Å². The Morgan fingerprint density at radius 3 is 2.60 bits per heavy atom. The fourth-order valence-corrected chi connectivity index (χ4v) is 1.99. The first-order valence-electron chi connectivity index (χ1n) is 6.17. The zero-order valence-corrected chi connectivity index (χ0v) is 11.7. The van der Waals surface area contributed by atoms with Crippen molar-refractivity contribution in [1.29, 1.82) is 5.26 Å². The maximum Gasteiger partial charge on any atom is 0.231 e. The Morgan fingerprint density at radius 2 is 1.95 bits per heavy atom. The summed E-state index contributed by atoms with van der Waals surface area (Å²) in [6.07, 6.45) is 0. The lowest BCUT2D eigenvalue weighted by atomic mass is 10.0. The Bertz CT molecular complexity index is 662. The van der Waals surface area contributed by atoms with Gasteiger partial charge in [0, 0.05) is 0 Å². The molecule has 0 heterocycles. The average Bonchev–Trinajstić information content (AvgIpc) is 2.49. The van der Waals surface area contributed by atoms with Crippen LogP contribution in [0.4, 0.5) is 5.69 Å². The van der Waals surface area contributed by atoms with E-state index in [1.165, 1.54) is 0 Å². The third kappa shape index (κ3) is 3.17. The van der Waals surface area contributed by atoms with Gasteiger partial charge in [-0.25, -0.2) is 0 Å². The first-order chi connectivity index (χ1) is 9.61. The molecule has 2 rings (SSSR count). The molecule has 0 bridgehead atoms. The van der Waals surface area contributed by atoms with E-state index in [1.54, 1.807) is 18.2 Å². The molecule has 0 radical (unpaired) electrons. The first kappa shape index (κ1) is 14.1. The number of carbonyl (C=O) groups is 1. The summed E-state index contributed by atoms with van der Waals surface area (Å²) < 4.78 is 0. The number of rotatable bonds is 3. The van der Waals surface area contributed by atoms with Crippen LogP contribution < -0.4 is 5.32 Å². The Balaban J connectivity index is 2.18. The number of nitriles is 1. The monoisotopic (exact) mass is 284 g/mol. The first-order valence-corrected chi connectivity index (χ1v) is 6.55. The summed E-state index contributed by atoms with van der Waals surface area (Å²) in [5.74, 6) is -0.453. The van der Waals surface area contributed by atoms with Gasteiger partial charge in [0.15, 0.2) is 0 Å². The number of halogens is 1. The summed E-state index contributed by atoms with van der Waals surface area (Å²) in [6.45, 7) is 1.83. The van der Waals surface area contributed by atoms with Gasteiger partial charge in [-0.3, -0.25) is 4.79 Å². The van der Waals surface area contributed by atoms with Crippen molar-refractivity contribution < 1.29 is 4.79 Å². The van der Waals surface area contributed by atoms with E-state index in [4.69, 9.17) is 16.9 Å². The molecular weight excluding hydrogens is 272 g/mol. The average molecular weight is 285 g/mol. The molecule has 1 atom stereocenters. The van der Waals surface area contributed by atoms with E-state index in [0.717, 1.165) is 5.56 Å². The molecule has 0 aliphatic carbocycles. The van der Waals surface area contributed by atoms with Crippen molar-refractivity contribution in [3.8, 4) is 6.07 Å². The number of nitrogens with one attached hydrogen (secondary N) is 1. The molecule has 0 aliphatic rings. The highest BCUT2D eigenvalue weighted by atomic mass is 35.5. The summed E-state index contributed by atoms with van der Waals surface area (Å²) in [7, 11) is 0. The summed E-state index contributed by atoms with van der Waals surface area (Å²) >= 11 is 6.02. The second-order valence-corrected chi connectivity index (χ2v) is 4.84. The summed E-state index contributed by atoms with van der Waals surface area (Å²) in [6, 6.07) is 16.3. The summed E-state index contributed by atoms with van der Waals surface area (Å²) in [5.41, 5.74) is 1.84. The highest BCUT2D eigenvalue weighted by molar-refractivity contribution is 6.33. The second-order valence-electron chi connectivity index (χ2n) is 4.43. The molecule has 0 saturated carbocycles. The SMILES string of the molecule is CC(C(=O)Nc1cc(C#N)ccc1Cl)c1ccccc1. The summed E-state index contributed by atoms with van der Waals surface area (Å²) in [5, 5.41) is 12.0. The molecule has 4 heteroatoms. The molecule has 1 N–H and O–H groups in total. The molecule has 20 heavy (non-hydrogen) atoms. The van der Waals surface area contributed by atoms with Gasteiger partial charge in [-0.15, -0.1) is 0 Å². The van der Waals surface area contributed by atoms with Crippen LogP contribution in [0.15, 0.2) is 48.5 Å². The molecule has 2 aromatic rings. The van der Waals surface area contributed by atoms with Crippen LogP contribution in [0.5, 0.6) is 0 Å². The van der Waals surface area contributed by atoms with Crippen LogP contribution in [0.2, 0.25) is 5.02 Å². The van der Waals surface area contributed by atoms with Crippen LogP contribution in [-0.4, -0.2) is 5.91 Å². The Hall–Kier alpha value is -2.31. The normalized spacial score (nSPS) is 11.4. The Kier molecular flexibility index (Phi) is 4.39. The van der Waals surface area contributed by atoms with Crippen LogP contribution in [0, 0.1) is 11.3 Å². The minimum Gasteiger partial charge on any atom is -0.324 e. The Morgan fingerprint density at radius 1 is 1.25 bits per heavy atom. The number of amides is 1. The molecule has 0 aliphatic heterocycles. The number of hydrogen-bond donors (Lipinski definition) is 1. The molecule has 100 valence electrons. The molecule has 1 unspecified atom stereocenters. The fourth-order valence-electron chi connectivity index (χ4n) is 1.82. The zero-order valence-electron chi connectivity index (χ0n) is 10.9. The van der Waals surface area contributed by atoms with Gasteiger partial charge in [0.25, 0.3) is 0 Å². The van der Waals surface area contributed by atoms with Crippen molar-refractivity contribution in [2.45, 2.75) is 12.8 Å². The maximum absolute atomic E-state index is 12.2.